The molecular weight excluding hydrogens is 364 g/mol. The first-order chi connectivity index (χ1) is 11.6. The van der Waals surface area contributed by atoms with Gasteiger partial charge in [0, 0.05) is 39.0 Å². The Bertz CT molecular complexity index is 697. The lowest BCUT2D eigenvalue weighted by Crippen LogP contribution is -2.34. The Hall–Kier alpha value is -0.400. The zero-order valence-corrected chi connectivity index (χ0v) is 16.6. The highest BCUT2D eigenvalue weighted by Gasteiger charge is 2.38. The van der Waals surface area contributed by atoms with Gasteiger partial charge in [-0.3, -0.25) is 0 Å². The second-order valence-corrected chi connectivity index (χ2v) is 9.61. The summed E-state index contributed by atoms with van der Waals surface area (Å²) >= 11 is 10.2. The molecule has 2 aromatic heterocycles. The quantitative estimate of drug-likeness (QED) is 0.687. The van der Waals surface area contributed by atoms with Gasteiger partial charge in [-0.15, -0.1) is 23.5 Å². The molecule has 0 radical (unpaired) electrons. The van der Waals surface area contributed by atoms with Crippen molar-refractivity contribution in [2.75, 3.05) is 25.7 Å². The van der Waals surface area contributed by atoms with Crippen LogP contribution in [0, 0.1) is 6.92 Å². The van der Waals surface area contributed by atoms with E-state index >= 15 is 0 Å². The number of fused-ring (bicyclic) bond motifs is 1. The van der Waals surface area contributed by atoms with Crippen LogP contribution in [0.5, 0.6) is 0 Å². The van der Waals surface area contributed by atoms with Crippen molar-refractivity contribution in [2.24, 2.45) is 0 Å². The van der Waals surface area contributed by atoms with Gasteiger partial charge in [0.2, 0.25) is 0 Å². The Morgan fingerprint density at radius 2 is 2.00 bits per heavy atom. The van der Waals surface area contributed by atoms with Crippen molar-refractivity contribution in [1.82, 2.24) is 9.38 Å². The molecule has 2 aromatic rings. The van der Waals surface area contributed by atoms with E-state index < -0.39 is 0 Å². The summed E-state index contributed by atoms with van der Waals surface area (Å²) in [7, 11) is 3.41. The molecule has 0 N–H and O–H groups in total. The third kappa shape index (κ3) is 3.88. The van der Waals surface area contributed by atoms with Crippen molar-refractivity contribution in [1.29, 1.82) is 0 Å². The summed E-state index contributed by atoms with van der Waals surface area (Å²) in [6.45, 7) is 2.11. The maximum atomic E-state index is 6.14. The molecule has 0 bridgehead atoms. The average Bonchev–Trinajstić information content (AvgIpc) is 2.89. The van der Waals surface area contributed by atoms with Gasteiger partial charge in [-0.05, 0) is 37.0 Å². The first-order valence-electron chi connectivity index (χ1n) is 8.03. The average molecular weight is 387 g/mol. The zero-order valence-electron chi connectivity index (χ0n) is 14.3. The fourth-order valence-electron chi connectivity index (χ4n) is 3.03. The Morgan fingerprint density at radius 3 is 2.67 bits per heavy atom. The summed E-state index contributed by atoms with van der Waals surface area (Å²) in [6, 6.07) is 3.86. The molecule has 0 amide bonds. The Morgan fingerprint density at radius 1 is 1.29 bits per heavy atom. The predicted molar refractivity (Wildman–Crippen MR) is 103 cm³/mol. The maximum Gasteiger partial charge on any atom is 0.158 e. The highest BCUT2D eigenvalue weighted by molar-refractivity contribution is 8.18. The number of halogens is 1. The molecule has 1 fully saturated rings. The third-order valence-electron chi connectivity index (χ3n) is 4.38. The second-order valence-electron chi connectivity index (χ2n) is 5.96. The first kappa shape index (κ1) is 18.4. The van der Waals surface area contributed by atoms with Crippen molar-refractivity contribution in [3.05, 3.63) is 34.7 Å². The molecule has 4 nitrogen and oxygen atoms in total. The maximum absolute atomic E-state index is 6.14. The number of nitrogens with zero attached hydrogens (tertiary/aromatic N) is 2. The van der Waals surface area contributed by atoms with Gasteiger partial charge in [0.25, 0.3) is 0 Å². The van der Waals surface area contributed by atoms with Crippen molar-refractivity contribution >= 4 is 40.8 Å². The van der Waals surface area contributed by atoms with Gasteiger partial charge in [-0.25, -0.2) is 4.98 Å². The number of hydrogen-bond donors (Lipinski definition) is 0. The molecule has 3 heterocycles. The molecular formula is C17H23ClN2O2S2. The molecule has 1 aliphatic heterocycles. The molecule has 1 saturated heterocycles. The molecule has 0 aliphatic carbocycles. The SMILES string of the molecule is COC(CC1(Cc2nc3ccc(Cl)cn3c2C)SCCCS1)OC. The molecule has 3 rings (SSSR count). The van der Waals surface area contributed by atoms with E-state index in [0.717, 1.165) is 34.9 Å². The largest absolute Gasteiger partial charge is 0.356 e. The summed E-state index contributed by atoms with van der Waals surface area (Å²) in [6.07, 6.45) is 4.75. The number of aryl methyl sites for hydroxylation is 1. The molecule has 7 heteroatoms. The van der Waals surface area contributed by atoms with Crippen molar-refractivity contribution in [3.8, 4) is 0 Å². The van der Waals surface area contributed by atoms with Crippen LogP contribution in [0.25, 0.3) is 5.65 Å². The molecule has 24 heavy (non-hydrogen) atoms. The monoisotopic (exact) mass is 386 g/mol. The number of thioether (sulfide) groups is 2. The zero-order chi connectivity index (χ0) is 17.2. The van der Waals surface area contributed by atoms with Gasteiger partial charge in [0.05, 0.1) is 14.8 Å². The minimum atomic E-state index is -0.185. The Balaban J connectivity index is 1.91. The highest BCUT2D eigenvalue weighted by Crippen LogP contribution is 2.48. The molecule has 0 aromatic carbocycles. The smallest absolute Gasteiger partial charge is 0.158 e. The highest BCUT2D eigenvalue weighted by atomic mass is 35.5. The van der Waals surface area contributed by atoms with Gasteiger partial charge >= 0.3 is 0 Å². The van der Waals surface area contributed by atoms with Crippen LogP contribution in [0.2, 0.25) is 5.02 Å². The summed E-state index contributed by atoms with van der Waals surface area (Å²) in [5, 5.41) is 0.726. The van der Waals surface area contributed by atoms with Crippen LogP contribution in [-0.2, 0) is 15.9 Å². The van der Waals surface area contributed by atoms with Crippen LogP contribution >= 0.6 is 35.1 Å². The normalized spacial score (nSPS) is 17.7. The first-order valence-corrected chi connectivity index (χ1v) is 10.4. The summed E-state index contributed by atoms with van der Waals surface area (Å²) in [5.41, 5.74) is 3.23. The fourth-order valence-corrected chi connectivity index (χ4v) is 6.52. The number of aromatic nitrogens is 2. The Kier molecular flexibility index (Phi) is 6.03. The van der Waals surface area contributed by atoms with Crippen LogP contribution in [0.4, 0.5) is 0 Å². The van der Waals surface area contributed by atoms with E-state index in [1.165, 1.54) is 17.9 Å². The van der Waals surface area contributed by atoms with Crippen LogP contribution in [0.3, 0.4) is 0 Å². The number of pyridine rings is 1. The van der Waals surface area contributed by atoms with Gasteiger partial charge in [0.1, 0.15) is 5.65 Å². The summed E-state index contributed by atoms with van der Waals surface area (Å²) < 4.78 is 13.1. The van der Waals surface area contributed by atoms with Crippen LogP contribution in [0.1, 0.15) is 24.2 Å². The summed E-state index contributed by atoms with van der Waals surface area (Å²) in [4.78, 5) is 4.85. The number of methoxy groups -OCH3 is 2. The molecule has 0 atom stereocenters. The number of rotatable bonds is 6. The van der Waals surface area contributed by atoms with Gasteiger partial charge in [0.15, 0.2) is 6.29 Å². The van der Waals surface area contributed by atoms with E-state index in [1.807, 2.05) is 41.9 Å². The lowest BCUT2D eigenvalue weighted by molar-refractivity contribution is -0.107. The molecule has 0 spiro atoms. The molecule has 0 unspecified atom stereocenters. The third-order valence-corrected chi connectivity index (χ3v) is 7.97. The fraction of sp³-hybridized carbons (Fsp3) is 0.588. The molecule has 132 valence electrons. The van der Waals surface area contributed by atoms with Crippen molar-refractivity contribution in [3.63, 3.8) is 0 Å². The summed E-state index contributed by atoms with van der Waals surface area (Å²) in [5.74, 6) is 2.34. The second kappa shape index (κ2) is 7.87. The minimum Gasteiger partial charge on any atom is -0.356 e. The van der Waals surface area contributed by atoms with E-state index in [2.05, 4.69) is 11.3 Å². The molecule has 1 aliphatic rings. The number of hydrogen-bond acceptors (Lipinski definition) is 5. The topological polar surface area (TPSA) is 35.8 Å². The van der Waals surface area contributed by atoms with Gasteiger partial charge in [-0.1, -0.05) is 11.6 Å². The van der Waals surface area contributed by atoms with E-state index in [9.17, 15) is 0 Å². The standard InChI is InChI=1S/C17H23ClN2O2S2/c1-12-14(19-15-6-5-13(18)11-20(12)15)9-17(10-16(21-2)22-3)23-7-4-8-24-17/h5-6,11,16H,4,7-10H2,1-3H3. The van der Waals surface area contributed by atoms with Crippen molar-refractivity contribution in [2.45, 2.75) is 36.6 Å². The lowest BCUT2D eigenvalue weighted by Gasteiger charge is -2.37. The van der Waals surface area contributed by atoms with Crippen LogP contribution in [-0.4, -0.2) is 45.5 Å². The van der Waals surface area contributed by atoms with Gasteiger partial charge in [-0.2, -0.15) is 0 Å². The van der Waals surface area contributed by atoms with E-state index in [0.29, 0.717) is 0 Å². The lowest BCUT2D eigenvalue weighted by atomic mass is 10.1. The molecule has 0 saturated carbocycles. The van der Waals surface area contributed by atoms with E-state index in [1.54, 1.807) is 14.2 Å². The van der Waals surface area contributed by atoms with E-state index in [-0.39, 0.29) is 10.4 Å². The minimum absolute atomic E-state index is 0.0431. The number of imidazole rings is 1. The van der Waals surface area contributed by atoms with Gasteiger partial charge < -0.3 is 13.9 Å². The van der Waals surface area contributed by atoms with Crippen molar-refractivity contribution < 1.29 is 9.47 Å². The predicted octanol–water partition coefficient (Wildman–Crippen LogP) is 4.41. The Labute approximate surface area is 156 Å². The van der Waals surface area contributed by atoms with Crippen LogP contribution in [0.15, 0.2) is 18.3 Å². The van der Waals surface area contributed by atoms with Crippen LogP contribution < -0.4 is 0 Å². The van der Waals surface area contributed by atoms with E-state index in [4.69, 9.17) is 26.1 Å². The number of ether oxygens (including phenoxy) is 2.